The molecule has 1 fully saturated rings. The van der Waals surface area contributed by atoms with Gasteiger partial charge in [-0.1, -0.05) is 31.9 Å². The molecule has 3 unspecified atom stereocenters. The van der Waals surface area contributed by atoms with Crippen molar-refractivity contribution >= 4 is 5.69 Å². The minimum Gasteiger partial charge on any atom is -0.368 e. The highest BCUT2D eigenvalue weighted by Gasteiger charge is 2.33. The maximum atomic E-state index is 6.09. The van der Waals surface area contributed by atoms with Crippen LogP contribution in [0, 0.1) is 18.8 Å². The van der Waals surface area contributed by atoms with Gasteiger partial charge in [-0.25, -0.2) is 0 Å². The van der Waals surface area contributed by atoms with Crippen LogP contribution in [0.3, 0.4) is 0 Å². The Kier molecular flexibility index (Phi) is 6.10. The van der Waals surface area contributed by atoms with Gasteiger partial charge in [0.15, 0.2) is 0 Å². The van der Waals surface area contributed by atoms with Gasteiger partial charge in [0.05, 0.1) is 0 Å². The lowest BCUT2D eigenvalue weighted by atomic mass is 9.75. The van der Waals surface area contributed by atoms with E-state index in [0.29, 0.717) is 12.0 Å². The minimum atomic E-state index is 0.618. The lowest BCUT2D eigenvalue weighted by Gasteiger charge is -2.43. The van der Waals surface area contributed by atoms with Gasteiger partial charge in [0.2, 0.25) is 0 Å². The van der Waals surface area contributed by atoms with Crippen LogP contribution in [0.2, 0.25) is 0 Å². The fourth-order valence-electron chi connectivity index (χ4n) is 4.04. The van der Waals surface area contributed by atoms with Gasteiger partial charge >= 0.3 is 0 Å². The molecule has 0 saturated heterocycles. The third-order valence-electron chi connectivity index (χ3n) is 5.14. The molecule has 118 valence electrons. The Labute approximate surface area is 130 Å². The topological polar surface area (TPSA) is 29.3 Å². The number of nitrogens with two attached hydrogens (primary N) is 1. The first-order valence-electron chi connectivity index (χ1n) is 8.72. The molecule has 2 N–H and O–H groups in total. The highest BCUT2D eigenvalue weighted by atomic mass is 15.2. The van der Waals surface area contributed by atoms with Gasteiger partial charge in [0.1, 0.15) is 0 Å². The Hall–Kier alpha value is -1.02. The summed E-state index contributed by atoms with van der Waals surface area (Å²) in [4.78, 5) is 2.60. The van der Waals surface area contributed by atoms with E-state index in [1.54, 1.807) is 0 Å². The molecule has 0 aliphatic heterocycles. The van der Waals surface area contributed by atoms with E-state index < -0.39 is 0 Å². The van der Waals surface area contributed by atoms with Crippen LogP contribution in [-0.4, -0.2) is 19.1 Å². The van der Waals surface area contributed by atoms with Crippen molar-refractivity contribution in [3.8, 4) is 0 Å². The standard InChI is InChI=1S/C19H32N2/c1-4-7-16-10-11-17(14-20)19(13-16)21(5-2)18-9-6-8-15(3)12-18/h6,8-9,12,16-17,19H,4-5,7,10-11,13-14,20H2,1-3H3. The molecule has 0 aromatic heterocycles. The van der Waals surface area contributed by atoms with Gasteiger partial charge < -0.3 is 10.6 Å². The van der Waals surface area contributed by atoms with Gasteiger partial charge in [-0.2, -0.15) is 0 Å². The average Bonchev–Trinajstić information content (AvgIpc) is 2.49. The molecular formula is C19H32N2. The average molecular weight is 288 g/mol. The molecular weight excluding hydrogens is 256 g/mol. The van der Waals surface area contributed by atoms with Crippen LogP contribution in [0.1, 0.15) is 51.5 Å². The molecule has 2 heteroatoms. The van der Waals surface area contributed by atoms with Crippen LogP contribution >= 0.6 is 0 Å². The summed E-state index contributed by atoms with van der Waals surface area (Å²) in [6.45, 7) is 8.66. The molecule has 0 bridgehead atoms. The molecule has 3 atom stereocenters. The summed E-state index contributed by atoms with van der Waals surface area (Å²) < 4.78 is 0. The summed E-state index contributed by atoms with van der Waals surface area (Å²) in [5, 5.41) is 0. The lowest BCUT2D eigenvalue weighted by molar-refractivity contribution is 0.223. The monoisotopic (exact) mass is 288 g/mol. The summed E-state index contributed by atoms with van der Waals surface area (Å²) in [7, 11) is 0. The van der Waals surface area contributed by atoms with Crippen molar-refractivity contribution in [3.05, 3.63) is 29.8 Å². The molecule has 0 heterocycles. The quantitative estimate of drug-likeness (QED) is 0.842. The van der Waals surface area contributed by atoms with Gasteiger partial charge in [-0.3, -0.25) is 0 Å². The predicted octanol–water partition coefficient (Wildman–Crippen LogP) is 4.37. The summed E-state index contributed by atoms with van der Waals surface area (Å²) in [5.41, 5.74) is 8.80. The molecule has 21 heavy (non-hydrogen) atoms. The van der Waals surface area contributed by atoms with Gasteiger partial charge in [0, 0.05) is 18.3 Å². The van der Waals surface area contributed by atoms with E-state index in [-0.39, 0.29) is 0 Å². The molecule has 1 saturated carbocycles. The van der Waals surface area contributed by atoms with Crippen molar-refractivity contribution in [1.82, 2.24) is 0 Å². The highest BCUT2D eigenvalue weighted by Crippen LogP contribution is 2.36. The molecule has 1 aromatic carbocycles. The SMILES string of the molecule is CCCC1CCC(CN)C(N(CC)c2cccc(C)c2)C1. The Balaban J connectivity index is 2.20. The normalized spacial score (nSPS) is 25.8. The molecule has 2 rings (SSSR count). The van der Waals surface area contributed by atoms with Crippen LogP contribution in [0.15, 0.2) is 24.3 Å². The summed E-state index contributed by atoms with van der Waals surface area (Å²) in [5.74, 6) is 1.54. The summed E-state index contributed by atoms with van der Waals surface area (Å²) in [6.07, 6.45) is 6.67. The van der Waals surface area contributed by atoms with Crippen molar-refractivity contribution in [2.45, 2.75) is 58.9 Å². The Bertz CT molecular complexity index is 429. The summed E-state index contributed by atoms with van der Waals surface area (Å²) >= 11 is 0. The Morgan fingerprint density at radius 3 is 2.67 bits per heavy atom. The largest absolute Gasteiger partial charge is 0.368 e. The number of hydrogen-bond acceptors (Lipinski definition) is 2. The number of anilines is 1. The van der Waals surface area contributed by atoms with Crippen LogP contribution in [0.5, 0.6) is 0 Å². The molecule has 1 aliphatic carbocycles. The van der Waals surface area contributed by atoms with Crippen molar-refractivity contribution in [2.75, 3.05) is 18.0 Å². The molecule has 1 aliphatic rings. The number of rotatable bonds is 6. The fraction of sp³-hybridized carbons (Fsp3) is 0.684. The number of benzene rings is 1. The van der Waals surface area contributed by atoms with Crippen LogP contribution in [0.25, 0.3) is 0 Å². The van der Waals surface area contributed by atoms with E-state index in [9.17, 15) is 0 Å². The zero-order valence-corrected chi connectivity index (χ0v) is 14.0. The molecule has 2 nitrogen and oxygen atoms in total. The predicted molar refractivity (Wildman–Crippen MR) is 92.8 cm³/mol. The van der Waals surface area contributed by atoms with E-state index in [4.69, 9.17) is 5.73 Å². The minimum absolute atomic E-state index is 0.618. The Morgan fingerprint density at radius 2 is 2.05 bits per heavy atom. The fourth-order valence-corrected chi connectivity index (χ4v) is 4.04. The molecule has 0 radical (unpaired) electrons. The Morgan fingerprint density at radius 1 is 1.24 bits per heavy atom. The number of aryl methyl sites for hydroxylation is 1. The van der Waals surface area contributed by atoms with Crippen molar-refractivity contribution < 1.29 is 0 Å². The third-order valence-corrected chi connectivity index (χ3v) is 5.14. The summed E-state index contributed by atoms with van der Waals surface area (Å²) in [6, 6.07) is 9.55. The van der Waals surface area contributed by atoms with E-state index in [1.165, 1.54) is 43.4 Å². The van der Waals surface area contributed by atoms with Gasteiger partial charge in [-0.05, 0) is 69.2 Å². The zero-order chi connectivity index (χ0) is 15.2. The second kappa shape index (κ2) is 7.84. The molecule has 0 spiro atoms. The van der Waals surface area contributed by atoms with Crippen molar-refractivity contribution in [2.24, 2.45) is 17.6 Å². The smallest absolute Gasteiger partial charge is 0.0371 e. The van der Waals surface area contributed by atoms with Gasteiger partial charge in [-0.15, -0.1) is 0 Å². The van der Waals surface area contributed by atoms with E-state index in [2.05, 4.69) is 49.9 Å². The van der Waals surface area contributed by atoms with Crippen molar-refractivity contribution in [1.29, 1.82) is 0 Å². The van der Waals surface area contributed by atoms with Crippen LogP contribution in [-0.2, 0) is 0 Å². The van der Waals surface area contributed by atoms with Crippen molar-refractivity contribution in [3.63, 3.8) is 0 Å². The lowest BCUT2D eigenvalue weighted by Crippen LogP contribution is -2.47. The number of nitrogens with zero attached hydrogens (tertiary/aromatic N) is 1. The van der Waals surface area contributed by atoms with Crippen LogP contribution in [0.4, 0.5) is 5.69 Å². The molecule has 0 amide bonds. The maximum Gasteiger partial charge on any atom is 0.0371 e. The number of hydrogen-bond donors (Lipinski definition) is 1. The van der Waals surface area contributed by atoms with E-state index >= 15 is 0 Å². The maximum absolute atomic E-state index is 6.09. The second-order valence-corrected chi connectivity index (χ2v) is 6.66. The third kappa shape index (κ3) is 4.00. The highest BCUT2D eigenvalue weighted by molar-refractivity contribution is 5.49. The molecule has 1 aromatic rings. The first-order chi connectivity index (χ1) is 10.2. The van der Waals surface area contributed by atoms with E-state index in [0.717, 1.165) is 19.0 Å². The van der Waals surface area contributed by atoms with Gasteiger partial charge in [0.25, 0.3) is 0 Å². The zero-order valence-electron chi connectivity index (χ0n) is 14.0. The first-order valence-corrected chi connectivity index (χ1v) is 8.72. The van der Waals surface area contributed by atoms with Crippen LogP contribution < -0.4 is 10.6 Å². The second-order valence-electron chi connectivity index (χ2n) is 6.66. The first kappa shape index (κ1) is 16.4. The van der Waals surface area contributed by atoms with E-state index in [1.807, 2.05) is 0 Å².